The highest BCUT2D eigenvalue weighted by molar-refractivity contribution is 7.99. The van der Waals surface area contributed by atoms with Crippen molar-refractivity contribution in [2.45, 2.75) is 51.7 Å². The van der Waals surface area contributed by atoms with Crippen LogP contribution < -0.4 is 10.6 Å². The second-order valence-electron chi connectivity index (χ2n) is 7.88. The Labute approximate surface area is 207 Å². The minimum Gasteiger partial charge on any atom is -0.390 e. The molecule has 0 spiro atoms. The number of carbonyl (C=O) groups is 1. The summed E-state index contributed by atoms with van der Waals surface area (Å²) in [5, 5.41) is 16.8. The summed E-state index contributed by atoms with van der Waals surface area (Å²) in [4.78, 5) is 12.5. The average molecular weight is 491 g/mol. The SMILES string of the molecule is C#C/C(C=C)=C/C(=C\C)CNCC(O)C(Cc1cc(F)cc(F)c1)NC(=O)CCSCCCC. The van der Waals surface area contributed by atoms with Gasteiger partial charge in [0.2, 0.25) is 5.91 Å². The van der Waals surface area contributed by atoms with Crippen molar-refractivity contribution < 1.29 is 18.7 Å². The van der Waals surface area contributed by atoms with Crippen LogP contribution in [0.4, 0.5) is 8.78 Å². The zero-order valence-electron chi connectivity index (χ0n) is 20.1. The van der Waals surface area contributed by atoms with Crippen LogP contribution >= 0.6 is 11.8 Å². The lowest BCUT2D eigenvalue weighted by Gasteiger charge is -2.25. The summed E-state index contributed by atoms with van der Waals surface area (Å²) in [5.74, 6) is 2.61. The molecule has 2 atom stereocenters. The maximum atomic E-state index is 13.7. The van der Waals surface area contributed by atoms with E-state index < -0.39 is 23.8 Å². The lowest BCUT2D eigenvalue weighted by Crippen LogP contribution is -2.49. The van der Waals surface area contributed by atoms with Gasteiger partial charge in [0, 0.05) is 36.9 Å². The summed E-state index contributed by atoms with van der Waals surface area (Å²) in [5.41, 5.74) is 1.92. The minimum atomic E-state index is -0.975. The number of hydrogen-bond acceptors (Lipinski definition) is 4. The molecule has 0 bridgehead atoms. The van der Waals surface area contributed by atoms with Crippen LogP contribution in [-0.4, -0.2) is 47.8 Å². The smallest absolute Gasteiger partial charge is 0.221 e. The largest absolute Gasteiger partial charge is 0.390 e. The summed E-state index contributed by atoms with van der Waals surface area (Å²) in [7, 11) is 0. The highest BCUT2D eigenvalue weighted by Gasteiger charge is 2.22. The van der Waals surface area contributed by atoms with Crippen LogP contribution in [0.25, 0.3) is 0 Å². The van der Waals surface area contributed by atoms with E-state index in [0.29, 0.717) is 29.9 Å². The van der Waals surface area contributed by atoms with Crippen molar-refractivity contribution in [3.8, 4) is 12.3 Å². The number of benzene rings is 1. The molecule has 1 aromatic carbocycles. The molecular formula is C27H36F2N2O2S. The van der Waals surface area contributed by atoms with Crippen LogP contribution in [-0.2, 0) is 11.2 Å². The Bertz CT molecular complexity index is 873. The Morgan fingerprint density at radius 1 is 1.29 bits per heavy atom. The van der Waals surface area contributed by atoms with Gasteiger partial charge in [-0.2, -0.15) is 11.8 Å². The van der Waals surface area contributed by atoms with Crippen molar-refractivity contribution >= 4 is 17.7 Å². The summed E-state index contributed by atoms with van der Waals surface area (Å²) in [6.45, 7) is 8.27. The van der Waals surface area contributed by atoms with Crippen molar-refractivity contribution in [1.29, 1.82) is 0 Å². The summed E-state index contributed by atoms with van der Waals surface area (Å²) >= 11 is 1.71. The standard InChI is InChI=1S/C27H36F2N2O2S/c1-5-9-11-34-12-10-27(33)31-25(16-22-14-23(28)17-24(29)15-22)26(32)19-30-18-21(8-4)13-20(6-2)7-3/h2,7-8,13-15,17,25-26,30,32H,3,5,9-12,16,18-19H2,1,4H3,(H,31,33)/b20-13-,21-8+. The van der Waals surface area contributed by atoms with Gasteiger partial charge < -0.3 is 15.7 Å². The van der Waals surface area contributed by atoms with E-state index in [2.05, 4.69) is 30.1 Å². The molecule has 1 aromatic rings. The Balaban J connectivity index is 2.79. The van der Waals surface area contributed by atoms with Gasteiger partial charge in [0.15, 0.2) is 0 Å². The fourth-order valence-corrected chi connectivity index (χ4v) is 4.19. The molecule has 0 heterocycles. The molecule has 3 N–H and O–H groups in total. The summed E-state index contributed by atoms with van der Waals surface area (Å²) < 4.78 is 27.3. The normalized spacial score (nSPS) is 13.8. The van der Waals surface area contributed by atoms with E-state index >= 15 is 0 Å². The molecule has 1 amide bonds. The van der Waals surface area contributed by atoms with E-state index in [4.69, 9.17) is 6.42 Å². The zero-order valence-corrected chi connectivity index (χ0v) is 20.9. The van der Waals surface area contributed by atoms with Crippen LogP contribution in [0.5, 0.6) is 0 Å². The first-order valence-corrected chi connectivity index (χ1v) is 12.6. The predicted molar refractivity (Wildman–Crippen MR) is 139 cm³/mol. The molecule has 0 saturated heterocycles. The molecule has 34 heavy (non-hydrogen) atoms. The maximum absolute atomic E-state index is 13.7. The molecule has 1 rings (SSSR count). The van der Waals surface area contributed by atoms with Gasteiger partial charge in [0.1, 0.15) is 11.6 Å². The second kappa shape index (κ2) is 17.1. The number of amides is 1. The molecule has 0 radical (unpaired) electrons. The van der Waals surface area contributed by atoms with Crippen molar-refractivity contribution in [3.63, 3.8) is 0 Å². The molecule has 2 unspecified atom stereocenters. The summed E-state index contributed by atoms with van der Waals surface area (Å²) in [6.07, 6.45) is 12.4. The zero-order chi connectivity index (χ0) is 25.3. The van der Waals surface area contributed by atoms with Gasteiger partial charge in [-0.3, -0.25) is 4.79 Å². The highest BCUT2D eigenvalue weighted by Crippen LogP contribution is 2.13. The summed E-state index contributed by atoms with van der Waals surface area (Å²) in [6, 6.07) is 2.51. The van der Waals surface area contributed by atoms with Gasteiger partial charge in [-0.25, -0.2) is 8.78 Å². The van der Waals surface area contributed by atoms with Crippen molar-refractivity contribution in [1.82, 2.24) is 10.6 Å². The molecule has 0 aromatic heterocycles. The van der Waals surface area contributed by atoms with E-state index in [1.54, 1.807) is 17.8 Å². The Morgan fingerprint density at radius 2 is 2.00 bits per heavy atom. The van der Waals surface area contributed by atoms with Crippen LogP contribution in [0.1, 0.15) is 38.7 Å². The van der Waals surface area contributed by atoms with E-state index in [0.717, 1.165) is 30.2 Å². The monoisotopic (exact) mass is 490 g/mol. The van der Waals surface area contributed by atoms with Crippen LogP contribution in [0.3, 0.4) is 0 Å². The highest BCUT2D eigenvalue weighted by atomic mass is 32.2. The fourth-order valence-electron chi connectivity index (χ4n) is 3.16. The molecule has 0 aliphatic carbocycles. The van der Waals surface area contributed by atoms with Gasteiger partial charge in [0.25, 0.3) is 0 Å². The van der Waals surface area contributed by atoms with Gasteiger partial charge >= 0.3 is 0 Å². The third-order valence-corrected chi connectivity index (χ3v) is 6.16. The first-order valence-electron chi connectivity index (χ1n) is 11.5. The van der Waals surface area contributed by atoms with E-state index in [9.17, 15) is 18.7 Å². The van der Waals surface area contributed by atoms with E-state index in [1.807, 2.05) is 19.1 Å². The van der Waals surface area contributed by atoms with Crippen molar-refractivity contribution in [2.24, 2.45) is 0 Å². The predicted octanol–water partition coefficient (Wildman–Crippen LogP) is 4.56. The lowest BCUT2D eigenvalue weighted by molar-refractivity contribution is -0.122. The van der Waals surface area contributed by atoms with Gasteiger partial charge in [0.05, 0.1) is 12.1 Å². The molecule has 0 aliphatic heterocycles. The average Bonchev–Trinajstić information content (AvgIpc) is 2.80. The van der Waals surface area contributed by atoms with Crippen LogP contribution in [0, 0.1) is 24.0 Å². The topological polar surface area (TPSA) is 61.4 Å². The Morgan fingerprint density at radius 3 is 2.59 bits per heavy atom. The van der Waals surface area contributed by atoms with Gasteiger partial charge in [-0.15, -0.1) is 6.42 Å². The number of allylic oxidation sites excluding steroid dienone is 3. The van der Waals surface area contributed by atoms with E-state index in [-0.39, 0.29) is 18.9 Å². The molecule has 0 saturated carbocycles. The molecule has 0 aliphatic rings. The minimum absolute atomic E-state index is 0.0975. The van der Waals surface area contributed by atoms with Crippen LogP contribution in [0.15, 0.2) is 54.2 Å². The number of aliphatic hydroxyl groups excluding tert-OH is 1. The lowest BCUT2D eigenvalue weighted by atomic mass is 10.0. The Hall–Kier alpha value is -2.40. The number of carbonyl (C=O) groups excluding carboxylic acids is 1. The molecule has 4 nitrogen and oxygen atoms in total. The number of nitrogens with one attached hydrogen (secondary N) is 2. The number of terminal acetylenes is 1. The third kappa shape index (κ3) is 12.2. The Kier molecular flexibility index (Phi) is 14.9. The quantitative estimate of drug-likeness (QED) is 0.181. The fraction of sp³-hybridized carbons (Fsp3) is 0.444. The number of halogens is 2. The van der Waals surface area contributed by atoms with Crippen LogP contribution in [0.2, 0.25) is 0 Å². The van der Waals surface area contributed by atoms with Crippen molar-refractivity contribution in [3.05, 3.63) is 71.4 Å². The third-order valence-electron chi connectivity index (χ3n) is 5.09. The van der Waals surface area contributed by atoms with Gasteiger partial charge in [-0.05, 0) is 54.9 Å². The number of rotatable bonds is 16. The number of thioether (sulfide) groups is 1. The molecule has 186 valence electrons. The second-order valence-corrected chi connectivity index (χ2v) is 9.11. The first-order chi connectivity index (χ1) is 16.3. The van der Waals surface area contributed by atoms with Gasteiger partial charge in [-0.1, -0.05) is 38.0 Å². The molecule has 7 heteroatoms. The molecular weight excluding hydrogens is 454 g/mol. The maximum Gasteiger partial charge on any atom is 0.221 e. The number of aliphatic hydroxyl groups is 1. The first kappa shape index (κ1) is 29.6. The van der Waals surface area contributed by atoms with Crippen molar-refractivity contribution in [2.75, 3.05) is 24.6 Å². The number of unbranched alkanes of at least 4 members (excludes halogenated alkanes) is 1. The number of hydrogen-bond donors (Lipinski definition) is 3. The van der Waals surface area contributed by atoms with E-state index in [1.165, 1.54) is 12.1 Å². The molecule has 0 fully saturated rings.